The molecule has 0 spiro atoms. The number of hydrogen-bond donors (Lipinski definition) is 3. The van der Waals surface area contributed by atoms with Crippen molar-refractivity contribution in [2.24, 2.45) is 0 Å². The molecule has 0 aliphatic rings. The molecule has 0 aliphatic carbocycles. The molecule has 0 bridgehead atoms. The number of ether oxygens (including phenoxy) is 1. The maximum absolute atomic E-state index is 11.3. The van der Waals surface area contributed by atoms with E-state index in [1.807, 2.05) is 6.92 Å². The lowest BCUT2D eigenvalue weighted by atomic mass is 10.2. The predicted molar refractivity (Wildman–Crippen MR) is 61.0 cm³/mol. The number of carboxylic acids is 1. The molecule has 6 heteroatoms. The molecule has 0 radical (unpaired) electrons. The van der Waals surface area contributed by atoms with Gasteiger partial charge in [-0.1, -0.05) is 13.3 Å². The van der Waals surface area contributed by atoms with Crippen molar-refractivity contribution >= 4 is 11.9 Å². The first-order chi connectivity index (χ1) is 7.97. The summed E-state index contributed by atoms with van der Waals surface area (Å²) in [6, 6.07) is 0. The molecule has 0 aromatic rings. The minimum atomic E-state index is -1.28. The first-order valence-electron chi connectivity index (χ1n) is 5.50. The number of nitrogens with one attached hydrogen (secondary N) is 1. The van der Waals surface area contributed by atoms with Gasteiger partial charge >= 0.3 is 5.97 Å². The normalized spacial score (nSPS) is 13.0. The number of aliphatic hydroxyl groups is 1. The molecular weight excluding hydrogens is 226 g/mol. The van der Waals surface area contributed by atoms with Crippen LogP contribution < -0.4 is 5.32 Å². The fraction of sp³-hybridized carbons (Fsp3) is 0.636. The van der Waals surface area contributed by atoms with Crippen molar-refractivity contribution in [1.82, 2.24) is 5.32 Å². The summed E-state index contributed by atoms with van der Waals surface area (Å²) in [5, 5.41) is 19.9. The Kier molecular flexibility index (Phi) is 7.79. The summed E-state index contributed by atoms with van der Waals surface area (Å²) in [5.74, 6) is -1.64. The summed E-state index contributed by atoms with van der Waals surface area (Å²) >= 11 is 0. The second-order valence-corrected chi connectivity index (χ2v) is 3.67. The molecule has 6 nitrogen and oxygen atoms in total. The fourth-order valence-electron chi connectivity index (χ4n) is 0.954. The van der Waals surface area contributed by atoms with Crippen molar-refractivity contribution in [3.8, 4) is 0 Å². The Morgan fingerprint density at radius 3 is 2.59 bits per heavy atom. The molecule has 1 atom stereocenters. The van der Waals surface area contributed by atoms with Gasteiger partial charge < -0.3 is 20.3 Å². The van der Waals surface area contributed by atoms with Crippen molar-refractivity contribution in [1.29, 1.82) is 0 Å². The third kappa shape index (κ3) is 8.27. The number of carbonyl (C=O) groups excluding carboxylic acids is 1. The van der Waals surface area contributed by atoms with Crippen LogP contribution in [0.3, 0.4) is 0 Å². The summed E-state index contributed by atoms with van der Waals surface area (Å²) in [7, 11) is 0. The minimum absolute atomic E-state index is 0.0262. The second-order valence-electron chi connectivity index (χ2n) is 3.67. The molecule has 0 aromatic heterocycles. The van der Waals surface area contributed by atoms with Gasteiger partial charge in [-0.15, -0.1) is 0 Å². The van der Waals surface area contributed by atoms with Gasteiger partial charge in [0.15, 0.2) is 5.70 Å². The Labute approximate surface area is 100 Å². The molecule has 0 rings (SSSR count). The van der Waals surface area contributed by atoms with E-state index < -0.39 is 12.1 Å². The molecule has 3 N–H and O–H groups in total. The van der Waals surface area contributed by atoms with Gasteiger partial charge in [-0.25, -0.2) is 4.79 Å². The highest BCUT2D eigenvalue weighted by atomic mass is 16.5. The van der Waals surface area contributed by atoms with Crippen LogP contribution in [0.5, 0.6) is 0 Å². The van der Waals surface area contributed by atoms with E-state index in [9.17, 15) is 9.59 Å². The van der Waals surface area contributed by atoms with Crippen molar-refractivity contribution in [2.75, 3.05) is 6.61 Å². The topological polar surface area (TPSA) is 95.9 Å². The summed E-state index contributed by atoms with van der Waals surface area (Å²) in [6.45, 7) is 3.42. The molecular formula is C11H19NO5. The van der Waals surface area contributed by atoms with E-state index in [0.29, 0.717) is 6.42 Å². The van der Waals surface area contributed by atoms with Crippen molar-refractivity contribution in [3.63, 3.8) is 0 Å². The average molecular weight is 245 g/mol. The van der Waals surface area contributed by atoms with Gasteiger partial charge in [0.25, 0.3) is 0 Å². The van der Waals surface area contributed by atoms with Crippen LogP contribution in [0.15, 0.2) is 12.0 Å². The second kappa shape index (κ2) is 8.58. The van der Waals surface area contributed by atoms with Gasteiger partial charge in [0.1, 0.15) is 12.9 Å². The lowest BCUT2D eigenvalue weighted by Gasteiger charge is -2.07. The van der Waals surface area contributed by atoms with Crippen LogP contribution in [-0.4, -0.2) is 34.8 Å². The number of carbonyl (C=O) groups is 2. The number of hydrogen-bond acceptors (Lipinski definition) is 4. The third-order valence-electron chi connectivity index (χ3n) is 1.80. The van der Waals surface area contributed by atoms with Crippen molar-refractivity contribution < 1.29 is 24.5 Å². The quantitative estimate of drug-likeness (QED) is 0.430. The number of aliphatic hydroxyl groups excluding tert-OH is 1. The molecule has 1 amide bonds. The van der Waals surface area contributed by atoms with Gasteiger partial charge in [-0.2, -0.15) is 0 Å². The SMILES string of the molecule is CCCCC(=O)N/C(=C/OC[C@@H](C)O)C(=O)O. The Hall–Kier alpha value is -1.56. The summed E-state index contributed by atoms with van der Waals surface area (Å²) in [4.78, 5) is 22.1. The van der Waals surface area contributed by atoms with Crippen LogP contribution in [-0.2, 0) is 14.3 Å². The summed E-state index contributed by atoms with van der Waals surface area (Å²) in [6.07, 6.45) is 2.07. The van der Waals surface area contributed by atoms with Crippen LogP contribution in [0.2, 0.25) is 0 Å². The number of carboxylic acid groups (broad SMARTS) is 1. The van der Waals surface area contributed by atoms with Gasteiger partial charge in [-0.3, -0.25) is 4.79 Å². The molecule has 0 saturated carbocycles. The maximum Gasteiger partial charge on any atom is 0.355 e. The standard InChI is InChI=1S/C11H19NO5/c1-3-4-5-10(14)12-9(11(15)16)7-17-6-8(2)13/h7-8,13H,3-6H2,1-2H3,(H,12,14)(H,15,16)/b9-7+/t8-/m1/s1. The number of amides is 1. The lowest BCUT2D eigenvalue weighted by Crippen LogP contribution is -2.27. The van der Waals surface area contributed by atoms with E-state index in [2.05, 4.69) is 5.32 Å². The first kappa shape index (κ1) is 15.4. The van der Waals surface area contributed by atoms with Gasteiger partial charge in [-0.05, 0) is 13.3 Å². The van der Waals surface area contributed by atoms with Crippen molar-refractivity contribution in [2.45, 2.75) is 39.2 Å². The molecule has 0 fully saturated rings. The fourth-order valence-corrected chi connectivity index (χ4v) is 0.954. The molecule has 0 aromatic carbocycles. The third-order valence-corrected chi connectivity index (χ3v) is 1.80. The number of aliphatic carboxylic acids is 1. The average Bonchev–Trinajstić information content (AvgIpc) is 2.24. The monoisotopic (exact) mass is 245 g/mol. The summed E-state index contributed by atoms with van der Waals surface area (Å²) < 4.78 is 4.82. The van der Waals surface area contributed by atoms with Crippen LogP contribution in [0.25, 0.3) is 0 Å². The molecule has 0 heterocycles. The van der Waals surface area contributed by atoms with E-state index in [-0.39, 0.29) is 24.6 Å². The molecule has 17 heavy (non-hydrogen) atoms. The largest absolute Gasteiger partial charge is 0.496 e. The highest BCUT2D eigenvalue weighted by molar-refractivity contribution is 5.92. The van der Waals surface area contributed by atoms with Crippen LogP contribution in [0.1, 0.15) is 33.1 Å². The van der Waals surface area contributed by atoms with Crippen molar-refractivity contribution in [3.05, 3.63) is 12.0 Å². The van der Waals surface area contributed by atoms with Crippen LogP contribution in [0.4, 0.5) is 0 Å². The zero-order valence-corrected chi connectivity index (χ0v) is 10.1. The zero-order valence-electron chi connectivity index (χ0n) is 10.1. The Morgan fingerprint density at radius 2 is 2.12 bits per heavy atom. The zero-order chi connectivity index (χ0) is 13.3. The predicted octanol–water partition coefficient (Wildman–Crippen LogP) is 0.616. The molecule has 0 saturated heterocycles. The van der Waals surface area contributed by atoms with Gasteiger partial charge in [0.05, 0.1) is 6.10 Å². The number of rotatable bonds is 8. The van der Waals surface area contributed by atoms with E-state index in [4.69, 9.17) is 14.9 Å². The first-order valence-corrected chi connectivity index (χ1v) is 5.50. The number of unbranched alkanes of at least 4 members (excludes halogenated alkanes) is 1. The van der Waals surface area contributed by atoms with Gasteiger partial charge in [0, 0.05) is 6.42 Å². The molecule has 98 valence electrons. The molecule has 0 aliphatic heterocycles. The minimum Gasteiger partial charge on any atom is -0.496 e. The summed E-state index contributed by atoms with van der Waals surface area (Å²) in [5.41, 5.74) is -0.327. The Bertz CT molecular complexity index is 286. The van der Waals surface area contributed by atoms with E-state index in [1.165, 1.54) is 6.92 Å². The van der Waals surface area contributed by atoms with Crippen LogP contribution in [0, 0.1) is 0 Å². The Balaban J connectivity index is 4.23. The highest BCUT2D eigenvalue weighted by Gasteiger charge is 2.11. The highest BCUT2D eigenvalue weighted by Crippen LogP contribution is 1.97. The Morgan fingerprint density at radius 1 is 1.47 bits per heavy atom. The smallest absolute Gasteiger partial charge is 0.355 e. The maximum atomic E-state index is 11.3. The molecule has 0 unspecified atom stereocenters. The van der Waals surface area contributed by atoms with Crippen LogP contribution >= 0.6 is 0 Å². The van der Waals surface area contributed by atoms with E-state index in [1.54, 1.807) is 0 Å². The lowest BCUT2D eigenvalue weighted by molar-refractivity contribution is -0.135. The van der Waals surface area contributed by atoms with E-state index >= 15 is 0 Å². The van der Waals surface area contributed by atoms with E-state index in [0.717, 1.165) is 12.7 Å². The van der Waals surface area contributed by atoms with Gasteiger partial charge in [0.2, 0.25) is 5.91 Å².